The molecule has 0 saturated carbocycles. The Labute approximate surface area is 164 Å². The minimum absolute atomic E-state index is 0.249. The second-order valence-corrected chi connectivity index (χ2v) is 8.68. The Balaban J connectivity index is 1.75. The zero-order valence-corrected chi connectivity index (χ0v) is 16.6. The van der Waals surface area contributed by atoms with Gasteiger partial charge in [-0.25, -0.2) is 8.42 Å². The standard InChI is InChI=1S/C21H20N4O2S/c1-15-21(28(26,27)25-12-11-17-7-5-6-10-20(17)25)16(2)24(23-15)14-19-9-4-3-8-18(19)13-22/h3-10H,11-12,14H2,1-2H3. The van der Waals surface area contributed by atoms with Crippen molar-refractivity contribution in [1.82, 2.24) is 9.78 Å². The molecule has 0 radical (unpaired) electrons. The van der Waals surface area contributed by atoms with Crippen molar-refractivity contribution in [3.63, 3.8) is 0 Å². The Morgan fingerprint density at radius 3 is 2.61 bits per heavy atom. The van der Waals surface area contributed by atoms with Crippen molar-refractivity contribution in [2.24, 2.45) is 0 Å². The van der Waals surface area contributed by atoms with Gasteiger partial charge in [-0.1, -0.05) is 36.4 Å². The molecule has 6 nitrogen and oxygen atoms in total. The number of para-hydroxylation sites is 1. The number of benzene rings is 2. The highest BCUT2D eigenvalue weighted by Gasteiger charge is 2.34. The van der Waals surface area contributed by atoms with E-state index in [1.54, 1.807) is 24.6 Å². The highest BCUT2D eigenvalue weighted by atomic mass is 32.2. The summed E-state index contributed by atoms with van der Waals surface area (Å²) < 4.78 is 30.0. The molecule has 1 aromatic heterocycles. The fourth-order valence-electron chi connectivity index (χ4n) is 3.80. The molecule has 2 aromatic carbocycles. The largest absolute Gasteiger partial charge is 0.268 e. The van der Waals surface area contributed by atoms with Crippen LogP contribution in [0.1, 0.15) is 28.1 Å². The van der Waals surface area contributed by atoms with Crippen molar-refractivity contribution < 1.29 is 8.42 Å². The van der Waals surface area contributed by atoms with Gasteiger partial charge >= 0.3 is 0 Å². The Hall–Kier alpha value is -3.11. The molecular formula is C21H20N4O2S. The molecule has 2 heterocycles. The van der Waals surface area contributed by atoms with Crippen molar-refractivity contribution in [2.45, 2.75) is 31.7 Å². The molecule has 0 fully saturated rings. The molecule has 0 amide bonds. The maximum absolute atomic E-state index is 13.4. The molecule has 3 aromatic rings. The summed E-state index contributed by atoms with van der Waals surface area (Å²) in [5, 5.41) is 13.8. The third-order valence-electron chi connectivity index (χ3n) is 5.17. The summed E-state index contributed by atoms with van der Waals surface area (Å²) >= 11 is 0. The maximum atomic E-state index is 13.4. The molecule has 0 atom stereocenters. The summed E-state index contributed by atoms with van der Waals surface area (Å²) in [6, 6.07) is 17.1. The van der Waals surface area contributed by atoms with Gasteiger partial charge in [0, 0.05) is 6.54 Å². The Morgan fingerprint density at radius 1 is 1.11 bits per heavy atom. The van der Waals surface area contributed by atoms with E-state index in [9.17, 15) is 13.7 Å². The van der Waals surface area contributed by atoms with Gasteiger partial charge in [-0.2, -0.15) is 10.4 Å². The Kier molecular flexibility index (Phi) is 4.44. The first-order valence-electron chi connectivity index (χ1n) is 9.06. The fraction of sp³-hybridized carbons (Fsp3) is 0.238. The van der Waals surface area contributed by atoms with Gasteiger partial charge in [0.25, 0.3) is 10.0 Å². The quantitative estimate of drug-likeness (QED) is 0.683. The van der Waals surface area contributed by atoms with Crippen LogP contribution in [0.4, 0.5) is 5.69 Å². The number of aryl methyl sites for hydroxylation is 1. The van der Waals surface area contributed by atoms with Crippen LogP contribution in [-0.4, -0.2) is 24.7 Å². The van der Waals surface area contributed by atoms with Crippen molar-refractivity contribution in [3.05, 3.63) is 76.6 Å². The van der Waals surface area contributed by atoms with Gasteiger partial charge in [-0.3, -0.25) is 8.99 Å². The van der Waals surface area contributed by atoms with Crippen LogP contribution in [0.15, 0.2) is 53.4 Å². The predicted octanol–water partition coefficient (Wildman–Crippen LogP) is 3.17. The van der Waals surface area contributed by atoms with E-state index in [2.05, 4.69) is 11.2 Å². The van der Waals surface area contributed by atoms with Crippen LogP contribution in [-0.2, 0) is 23.0 Å². The smallest absolute Gasteiger partial charge is 0.266 e. The molecule has 1 aliphatic heterocycles. The van der Waals surface area contributed by atoms with Crippen molar-refractivity contribution in [2.75, 3.05) is 10.8 Å². The molecule has 7 heteroatoms. The summed E-state index contributed by atoms with van der Waals surface area (Å²) in [7, 11) is -3.72. The summed E-state index contributed by atoms with van der Waals surface area (Å²) in [6.45, 7) is 4.27. The molecule has 142 valence electrons. The van der Waals surface area contributed by atoms with Gasteiger partial charge in [0.1, 0.15) is 4.90 Å². The maximum Gasteiger partial charge on any atom is 0.268 e. The molecule has 0 N–H and O–H groups in total. The molecule has 0 unspecified atom stereocenters. The first kappa shape index (κ1) is 18.3. The van der Waals surface area contributed by atoms with Crippen molar-refractivity contribution in [1.29, 1.82) is 5.26 Å². The third kappa shape index (κ3) is 2.86. The molecule has 28 heavy (non-hydrogen) atoms. The zero-order valence-electron chi connectivity index (χ0n) is 15.8. The lowest BCUT2D eigenvalue weighted by atomic mass is 10.1. The number of aromatic nitrogens is 2. The average molecular weight is 392 g/mol. The van der Waals surface area contributed by atoms with Crippen LogP contribution < -0.4 is 4.31 Å². The number of fused-ring (bicyclic) bond motifs is 1. The topological polar surface area (TPSA) is 79.0 Å². The number of hydrogen-bond acceptors (Lipinski definition) is 4. The molecule has 0 bridgehead atoms. The van der Waals surface area contributed by atoms with E-state index in [1.807, 2.05) is 42.5 Å². The Morgan fingerprint density at radius 2 is 1.82 bits per heavy atom. The van der Waals surface area contributed by atoms with Crippen LogP contribution in [0.5, 0.6) is 0 Å². The summed E-state index contributed by atoms with van der Waals surface area (Å²) in [6.07, 6.45) is 0.706. The monoisotopic (exact) mass is 392 g/mol. The lowest BCUT2D eigenvalue weighted by Gasteiger charge is -2.19. The molecule has 4 rings (SSSR count). The van der Waals surface area contributed by atoms with E-state index in [4.69, 9.17) is 0 Å². The second kappa shape index (κ2) is 6.80. The minimum Gasteiger partial charge on any atom is -0.266 e. The SMILES string of the molecule is Cc1nn(Cc2ccccc2C#N)c(C)c1S(=O)(=O)N1CCc2ccccc21. The Bertz CT molecular complexity index is 1210. The van der Waals surface area contributed by atoms with Gasteiger partial charge < -0.3 is 0 Å². The van der Waals surface area contributed by atoms with E-state index >= 15 is 0 Å². The van der Waals surface area contributed by atoms with Gasteiger partial charge in [0.2, 0.25) is 0 Å². The lowest BCUT2D eigenvalue weighted by Crippen LogP contribution is -2.30. The number of nitrogens with zero attached hydrogens (tertiary/aromatic N) is 4. The fourth-order valence-corrected chi connectivity index (χ4v) is 5.69. The first-order valence-corrected chi connectivity index (χ1v) is 10.5. The lowest BCUT2D eigenvalue weighted by molar-refractivity contribution is 0.590. The summed E-state index contributed by atoms with van der Waals surface area (Å²) in [5.74, 6) is 0. The molecular weight excluding hydrogens is 372 g/mol. The molecule has 0 spiro atoms. The summed E-state index contributed by atoms with van der Waals surface area (Å²) in [4.78, 5) is 0.249. The van der Waals surface area contributed by atoms with E-state index in [0.717, 1.165) is 16.8 Å². The first-order chi connectivity index (χ1) is 13.4. The van der Waals surface area contributed by atoms with Crippen LogP contribution in [0.25, 0.3) is 0 Å². The van der Waals surface area contributed by atoms with Crippen LogP contribution in [0.3, 0.4) is 0 Å². The highest BCUT2D eigenvalue weighted by Crippen LogP contribution is 2.34. The average Bonchev–Trinajstić information content (AvgIpc) is 3.24. The number of anilines is 1. The highest BCUT2D eigenvalue weighted by molar-refractivity contribution is 7.93. The van der Waals surface area contributed by atoms with E-state index in [0.29, 0.717) is 36.5 Å². The van der Waals surface area contributed by atoms with Crippen LogP contribution in [0, 0.1) is 25.2 Å². The predicted molar refractivity (Wildman–Crippen MR) is 107 cm³/mol. The number of nitriles is 1. The number of hydrogen-bond donors (Lipinski definition) is 0. The number of rotatable bonds is 4. The van der Waals surface area contributed by atoms with Gasteiger partial charge in [-0.05, 0) is 43.5 Å². The van der Waals surface area contributed by atoms with E-state index in [1.165, 1.54) is 4.31 Å². The van der Waals surface area contributed by atoms with Crippen LogP contribution >= 0.6 is 0 Å². The van der Waals surface area contributed by atoms with E-state index in [-0.39, 0.29) is 4.90 Å². The van der Waals surface area contributed by atoms with Crippen LogP contribution in [0.2, 0.25) is 0 Å². The normalized spacial score (nSPS) is 13.4. The second-order valence-electron chi connectivity index (χ2n) is 6.88. The molecule has 0 aliphatic carbocycles. The summed E-state index contributed by atoms with van der Waals surface area (Å²) in [5.41, 5.74) is 4.20. The van der Waals surface area contributed by atoms with Crippen molar-refractivity contribution in [3.8, 4) is 6.07 Å². The minimum atomic E-state index is -3.72. The molecule has 1 aliphatic rings. The van der Waals surface area contributed by atoms with Crippen molar-refractivity contribution >= 4 is 15.7 Å². The third-order valence-corrected chi connectivity index (χ3v) is 7.23. The van der Waals surface area contributed by atoms with Gasteiger partial charge in [0.15, 0.2) is 0 Å². The van der Waals surface area contributed by atoms with E-state index < -0.39 is 10.0 Å². The van der Waals surface area contributed by atoms with Gasteiger partial charge in [0.05, 0.1) is 35.3 Å². The number of sulfonamides is 1. The van der Waals surface area contributed by atoms with Gasteiger partial charge in [-0.15, -0.1) is 0 Å². The zero-order chi connectivity index (χ0) is 19.9. The molecule has 0 saturated heterocycles.